The van der Waals surface area contributed by atoms with Gasteiger partial charge in [-0.15, -0.1) is 0 Å². The maximum Gasteiger partial charge on any atom is 0.130 e. The number of hydrogen-bond donors (Lipinski definition) is 1. The third-order valence-electron chi connectivity index (χ3n) is 9.73. The Bertz CT molecular complexity index is 2020. The number of nitrogens with two attached hydrogens (primary N) is 1. The standard InChI is InChI=1S/C45H40N2O.C2H6/c46-43(36-16-8-3-9-17-36)26-27-47(39-24-25-42-41-18-10-11-19-44(41)48-45(42)31-39)40-29-37(33-14-6-2-7-15-33)28-38(30-40)35-22-20-34(21-23-35)32-12-4-1-5-13-32;1-2/h1,3-6,8-9,12-26,28-31,42,45H,2,7,10-11,27,46H2;1-2H3/b43-26+;. The second-order valence-electron chi connectivity index (χ2n) is 12.9. The molecule has 0 bridgehead atoms. The van der Waals surface area contributed by atoms with Crippen LogP contribution in [0.5, 0.6) is 0 Å². The van der Waals surface area contributed by atoms with Gasteiger partial charge in [-0.25, -0.2) is 0 Å². The minimum atomic E-state index is -0.0179. The number of benzene rings is 4. The quantitative estimate of drug-likeness (QED) is 0.205. The van der Waals surface area contributed by atoms with Crippen molar-refractivity contribution in [3.8, 4) is 22.3 Å². The fraction of sp³-hybridized carbons (Fsp3) is 0.191. The minimum absolute atomic E-state index is 0.0179. The lowest BCUT2D eigenvalue weighted by atomic mass is 9.88. The van der Waals surface area contributed by atoms with Crippen LogP contribution < -0.4 is 10.6 Å². The maximum atomic E-state index is 6.68. The molecule has 3 heteroatoms. The fourth-order valence-electron chi connectivity index (χ4n) is 7.15. The molecule has 50 heavy (non-hydrogen) atoms. The number of nitrogens with zero attached hydrogens (tertiary/aromatic N) is 1. The van der Waals surface area contributed by atoms with Crippen molar-refractivity contribution < 1.29 is 4.74 Å². The zero-order valence-electron chi connectivity index (χ0n) is 29.1. The van der Waals surface area contributed by atoms with Crippen LogP contribution in [-0.2, 0) is 4.74 Å². The molecule has 3 nitrogen and oxygen atoms in total. The number of hydrogen-bond acceptors (Lipinski definition) is 3. The second kappa shape index (κ2) is 15.3. The Hall–Kier alpha value is -5.54. The lowest BCUT2D eigenvalue weighted by Crippen LogP contribution is -2.27. The van der Waals surface area contributed by atoms with E-state index in [4.69, 9.17) is 10.5 Å². The number of allylic oxidation sites excluding steroid dienone is 8. The Morgan fingerprint density at radius 2 is 1.38 bits per heavy atom. The summed E-state index contributed by atoms with van der Waals surface area (Å²) in [5.41, 5.74) is 19.3. The molecule has 0 amide bonds. The smallest absolute Gasteiger partial charge is 0.130 e. The van der Waals surface area contributed by atoms with Crippen LogP contribution in [0, 0.1) is 5.92 Å². The van der Waals surface area contributed by atoms with Crippen LogP contribution in [0.2, 0.25) is 0 Å². The highest BCUT2D eigenvalue weighted by molar-refractivity contribution is 5.83. The zero-order chi connectivity index (χ0) is 34.3. The molecule has 4 aliphatic rings. The number of fused-ring (bicyclic) bond motifs is 3. The van der Waals surface area contributed by atoms with E-state index < -0.39 is 0 Å². The van der Waals surface area contributed by atoms with E-state index in [0.717, 1.165) is 54.1 Å². The highest BCUT2D eigenvalue weighted by Crippen LogP contribution is 2.43. The number of anilines is 1. The van der Waals surface area contributed by atoms with E-state index in [0.29, 0.717) is 6.54 Å². The van der Waals surface area contributed by atoms with Crippen molar-refractivity contribution in [3.63, 3.8) is 0 Å². The van der Waals surface area contributed by atoms with Crippen LogP contribution in [0.15, 0.2) is 175 Å². The fourth-order valence-corrected chi connectivity index (χ4v) is 7.15. The molecule has 1 aliphatic heterocycles. The van der Waals surface area contributed by atoms with E-state index in [9.17, 15) is 0 Å². The normalized spacial score (nSPS) is 19.0. The highest BCUT2D eigenvalue weighted by atomic mass is 16.5. The van der Waals surface area contributed by atoms with Crippen molar-refractivity contribution in [3.05, 3.63) is 186 Å². The van der Waals surface area contributed by atoms with Gasteiger partial charge in [0.15, 0.2) is 0 Å². The first kappa shape index (κ1) is 33.0. The summed E-state index contributed by atoms with van der Waals surface area (Å²) in [6.07, 6.45) is 24.8. The largest absolute Gasteiger partial charge is 0.485 e. The first-order valence-corrected chi connectivity index (χ1v) is 18.1. The summed E-state index contributed by atoms with van der Waals surface area (Å²) in [5, 5.41) is 0. The lowest BCUT2D eigenvalue weighted by Gasteiger charge is -2.30. The first-order valence-electron chi connectivity index (χ1n) is 18.1. The van der Waals surface area contributed by atoms with E-state index in [1.165, 1.54) is 39.0 Å². The molecule has 2 N–H and O–H groups in total. The molecule has 2 unspecified atom stereocenters. The Balaban J connectivity index is 0.00000193. The van der Waals surface area contributed by atoms with Crippen molar-refractivity contribution in [1.29, 1.82) is 0 Å². The van der Waals surface area contributed by atoms with Crippen molar-refractivity contribution in [2.45, 2.75) is 45.6 Å². The summed E-state index contributed by atoms with van der Waals surface area (Å²) < 4.78 is 6.52. The van der Waals surface area contributed by atoms with Gasteiger partial charge in [-0.1, -0.05) is 129 Å². The summed E-state index contributed by atoms with van der Waals surface area (Å²) >= 11 is 0. The Morgan fingerprint density at radius 1 is 0.720 bits per heavy atom. The van der Waals surface area contributed by atoms with Crippen molar-refractivity contribution in [1.82, 2.24) is 0 Å². The van der Waals surface area contributed by atoms with Crippen LogP contribution in [0.4, 0.5) is 5.69 Å². The molecule has 8 rings (SSSR count). The topological polar surface area (TPSA) is 38.5 Å². The Morgan fingerprint density at radius 3 is 2.12 bits per heavy atom. The molecule has 0 radical (unpaired) electrons. The maximum absolute atomic E-state index is 6.68. The van der Waals surface area contributed by atoms with Gasteiger partial charge in [0.1, 0.15) is 11.9 Å². The van der Waals surface area contributed by atoms with Gasteiger partial charge in [0, 0.05) is 35.1 Å². The molecule has 0 saturated carbocycles. The average molecular weight is 655 g/mol. The van der Waals surface area contributed by atoms with Crippen LogP contribution >= 0.6 is 0 Å². The van der Waals surface area contributed by atoms with Crippen molar-refractivity contribution in [2.24, 2.45) is 11.7 Å². The van der Waals surface area contributed by atoms with Gasteiger partial charge in [0.25, 0.3) is 0 Å². The SMILES string of the molecule is CC.N/C(=C/CN(C1=CC2OC3=CCCC=C3C2C=C1)c1cc(C2=CCCC=C2)cc(-c2ccc(-c3ccccc3)cc2)c1)c1ccccc1. The third kappa shape index (κ3) is 7.09. The molecule has 3 aliphatic carbocycles. The Labute approximate surface area is 297 Å². The summed E-state index contributed by atoms with van der Waals surface area (Å²) in [5.74, 6) is 1.31. The number of ether oxygens (including phenoxy) is 1. The van der Waals surface area contributed by atoms with Gasteiger partial charge in [-0.3, -0.25) is 0 Å². The van der Waals surface area contributed by atoms with E-state index in [2.05, 4.69) is 145 Å². The van der Waals surface area contributed by atoms with Gasteiger partial charge >= 0.3 is 0 Å². The van der Waals surface area contributed by atoms with E-state index in [-0.39, 0.29) is 12.0 Å². The van der Waals surface area contributed by atoms with Crippen molar-refractivity contribution >= 4 is 17.0 Å². The average Bonchev–Trinajstić information content (AvgIpc) is 3.58. The molecule has 1 heterocycles. The van der Waals surface area contributed by atoms with E-state index in [1.54, 1.807) is 0 Å². The van der Waals surface area contributed by atoms with Crippen LogP contribution in [-0.4, -0.2) is 12.6 Å². The van der Waals surface area contributed by atoms with Gasteiger partial charge in [-0.2, -0.15) is 0 Å². The molecule has 4 aromatic rings. The summed E-state index contributed by atoms with van der Waals surface area (Å²) in [4.78, 5) is 2.38. The molecule has 0 spiro atoms. The lowest BCUT2D eigenvalue weighted by molar-refractivity contribution is 0.182. The summed E-state index contributed by atoms with van der Waals surface area (Å²) in [7, 11) is 0. The third-order valence-corrected chi connectivity index (χ3v) is 9.73. The van der Waals surface area contributed by atoms with Gasteiger partial charge in [0.2, 0.25) is 0 Å². The highest BCUT2D eigenvalue weighted by Gasteiger charge is 2.37. The molecule has 0 aromatic heterocycles. The van der Waals surface area contributed by atoms with Crippen LogP contribution in [0.1, 0.15) is 50.7 Å². The molecular weight excluding hydrogens is 609 g/mol. The zero-order valence-corrected chi connectivity index (χ0v) is 29.1. The van der Waals surface area contributed by atoms with E-state index >= 15 is 0 Å². The predicted octanol–water partition coefficient (Wildman–Crippen LogP) is 11.7. The number of rotatable bonds is 8. The monoisotopic (exact) mass is 654 g/mol. The first-order chi connectivity index (χ1) is 24.7. The molecule has 250 valence electrons. The minimum Gasteiger partial charge on any atom is -0.485 e. The molecule has 4 aromatic carbocycles. The van der Waals surface area contributed by atoms with Gasteiger partial charge < -0.3 is 15.4 Å². The Kier molecular flexibility index (Phi) is 10.1. The van der Waals surface area contributed by atoms with Crippen LogP contribution in [0.25, 0.3) is 33.5 Å². The summed E-state index contributed by atoms with van der Waals surface area (Å²) in [6, 6.07) is 36.7. The predicted molar refractivity (Wildman–Crippen MR) is 212 cm³/mol. The van der Waals surface area contributed by atoms with Gasteiger partial charge in [-0.05, 0) is 107 Å². The van der Waals surface area contributed by atoms with Crippen molar-refractivity contribution in [2.75, 3.05) is 11.4 Å². The van der Waals surface area contributed by atoms with Gasteiger partial charge in [0.05, 0.1) is 0 Å². The molecular formula is C47H46N2O. The molecule has 1 fully saturated rings. The molecule has 2 atom stereocenters. The molecule has 1 saturated heterocycles. The second-order valence-corrected chi connectivity index (χ2v) is 12.9. The summed E-state index contributed by atoms with van der Waals surface area (Å²) in [6.45, 7) is 4.62. The van der Waals surface area contributed by atoms with E-state index in [1.807, 2.05) is 32.0 Å². The van der Waals surface area contributed by atoms with Crippen LogP contribution in [0.3, 0.4) is 0 Å².